The van der Waals surface area contributed by atoms with Crippen molar-refractivity contribution in [2.24, 2.45) is 0 Å². The van der Waals surface area contributed by atoms with E-state index in [1.54, 1.807) is 0 Å². The van der Waals surface area contributed by atoms with Gasteiger partial charge in [-0.3, -0.25) is 9.13 Å². The van der Waals surface area contributed by atoms with E-state index in [-0.39, 0.29) is 0 Å². The van der Waals surface area contributed by atoms with Crippen LogP contribution in [0.4, 0.5) is 0 Å². The lowest BCUT2D eigenvalue weighted by molar-refractivity contribution is 0.669. The lowest BCUT2D eigenvalue weighted by atomic mass is 9.95. The van der Waals surface area contributed by atoms with Gasteiger partial charge in [-0.25, -0.2) is 4.98 Å². The summed E-state index contributed by atoms with van der Waals surface area (Å²) in [4.78, 5) is 5.32. The van der Waals surface area contributed by atoms with Gasteiger partial charge in [0.2, 0.25) is 5.95 Å². The first kappa shape index (κ1) is 24.0. The molecule has 0 radical (unpaired) electrons. The summed E-state index contributed by atoms with van der Waals surface area (Å²) in [7, 11) is 0. The van der Waals surface area contributed by atoms with E-state index in [0.29, 0.717) is 0 Å². The molecular formula is C41H23N3O2. The molecular weight excluding hydrogens is 566 g/mol. The smallest absolute Gasteiger partial charge is 0.220 e. The van der Waals surface area contributed by atoms with Crippen LogP contribution in [0.15, 0.2) is 148 Å². The average molecular weight is 590 g/mol. The highest BCUT2D eigenvalue weighted by atomic mass is 16.3. The first-order valence-electron chi connectivity index (χ1n) is 15.5. The number of hydrogen-bond acceptors (Lipinski definition) is 3. The van der Waals surface area contributed by atoms with Crippen molar-refractivity contribution < 1.29 is 8.83 Å². The second kappa shape index (κ2) is 8.65. The van der Waals surface area contributed by atoms with Crippen molar-refractivity contribution >= 4 is 87.5 Å². The van der Waals surface area contributed by atoms with Crippen LogP contribution in [0.5, 0.6) is 0 Å². The maximum atomic E-state index is 6.93. The molecule has 0 amide bonds. The van der Waals surface area contributed by atoms with Gasteiger partial charge in [0.1, 0.15) is 22.3 Å². The van der Waals surface area contributed by atoms with E-state index in [1.807, 2.05) is 30.3 Å². The van der Waals surface area contributed by atoms with Crippen molar-refractivity contribution in [1.82, 2.24) is 14.1 Å². The Balaban J connectivity index is 1.45. The van der Waals surface area contributed by atoms with Crippen LogP contribution in [-0.2, 0) is 0 Å². The highest BCUT2D eigenvalue weighted by Crippen LogP contribution is 2.49. The molecule has 0 unspecified atom stereocenters. The molecule has 4 aromatic heterocycles. The van der Waals surface area contributed by atoms with Crippen LogP contribution in [-0.4, -0.2) is 14.1 Å². The minimum Gasteiger partial charge on any atom is -0.456 e. The standard InChI is InChI=1S/C41H23N3O2/c1-2-12-24(13-3-1)43-31-19-9-7-17-29(31)42-41(43)44-30-18-8-4-14-25(30)35-28-22-23-34-36(26-15-5-10-20-32(26)45-34)37(28)38-27-16-6-11-21-33(27)46-40(38)39(35)44/h1-23H. The van der Waals surface area contributed by atoms with E-state index in [4.69, 9.17) is 13.8 Å². The molecule has 7 aromatic carbocycles. The molecule has 11 aromatic rings. The topological polar surface area (TPSA) is 49.0 Å². The maximum Gasteiger partial charge on any atom is 0.220 e. The summed E-state index contributed by atoms with van der Waals surface area (Å²) in [6.45, 7) is 0. The molecule has 5 heteroatoms. The third-order valence-corrected chi connectivity index (χ3v) is 9.51. The van der Waals surface area contributed by atoms with Crippen LogP contribution in [0.3, 0.4) is 0 Å². The zero-order chi connectivity index (χ0) is 29.9. The van der Waals surface area contributed by atoms with E-state index < -0.39 is 0 Å². The first-order valence-corrected chi connectivity index (χ1v) is 15.5. The molecule has 0 saturated heterocycles. The van der Waals surface area contributed by atoms with Gasteiger partial charge < -0.3 is 8.83 Å². The van der Waals surface area contributed by atoms with Crippen LogP contribution < -0.4 is 0 Å². The van der Waals surface area contributed by atoms with Gasteiger partial charge in [0, 0.05) is 43.4 Å². The molecule has 4 heterocycles. The number of nitrogens with zero attached hydrogens (tertiary/aromatic N) is 3. The van der Waals surface area contributed by atoms with Gasteiger partial charge in [0.25, 0.3) is 0 Å². The van der Waals surface area contributed by atoms with Crippen molar-refractivity contribution in [3.63, 3.8) is 0 Å². The van der Waals surface area contributed by atoms with Crippen molar-refractivity contribution in [2.75, 3.05) is 0 Å². The van der Waals surface area contributed by atoms with Crippen molar-refractivity contribution in [3.8, 4) is 11.6 Å². The van der Waals surface area contributed by atoms with Crippen LogP contribution in [0.25, 0.3) is 99.1 Å². The number of furan rings is 2. The fraction of sp³-hybridized carbons (Fsp3) is 0. The van der Waals surface area contributed by atoms with Gasteiger partial charge in [0.15, 0.2) is 5.58 Å². The molecule has 0 spiro atoms. The van der Waals surface area contributed by atoms with Crippen LogP contribution in [0, 0.1) is 0 Å². The molecule has 46 heavy (non-hydrogen) atoms. The van der Waals surface area contributed by atoms with Crippen molar-refractivity contribution in [1.29, 1.82) is 0 Å². The third kappa shape index (κ3) is 2.97. The predicted molar refractivity (Wildman–Crippen MR) is 187 cm³/mol. The molecule has 0 bridgehead atoms. The summed E-state index contributed by atoms with van der Waals surface area (Å²) in [5.41, 5.74) is 8.53. The minimum atomic E-state index is 0.814. The number of hydrogen-bond donors (Lipinski definition) is 0. The molecule has 0 N–H and O–H groups in total. The van der Waals surface area contributed by atoms with Crippen molar-refractivity contribution in [2.45, 2.75) is 0 Å². The Morgan fingerprint density at radius 1 is 0.413 bits per heavy atom. The van der Waals surface area contributed by atoms with Gasteiger partial charge in [0.05, 0.1) is 16.6 Å². The quantitative estimate of drug-likeness (QED) is 0.202. The van der Waals surface area contributed by atoms with Crippen LogP contribution in [0.2, 0.25) is 0 Å². The summed E-state index contributed by atoms with van der Waals surface area (Å²) in [5, 5.41) is 8.96. The monoisotopic (exact) mass is 589 g/mol. The first-order chi connectivity index (χ1) is 22.8. The van der Waals surface area contributed by atoms with Gasteiger partial charge in [-0.2, -0.15) is 0 Å². The molecule has 0 aliphatic heterocycles. The Bertz CT molecular complexity index is 3030. The number of aromatic nitrogens is 3. The molecule has 214 valence electrons. The zero-order valence-electron chi connectivity index (χ0n) is 24.4. The summed E-state index contributed by atoms with van der Waals surface area (Å²) in [5.74, 6) is 0.814. The highest BCUT2D eigenvalue weighted by Gasteiger charge is 2.27. The van der Waals surface area contributed by atoms with E-state index in [9.17, 15) is 0 Å². The van der Waals surface area contributed by atoms with Gasteiger partial charge in [-0.15, -0.1) is 0 Å². The minimum absolute atomic E-state index is 0.814. The van der Waals surface area contributed by atoms with Gasteiger partial charge >= 0.3 is 0 Å². The molecule has 0 fully saturated rings. The Morgan fingerprint density at radius 2 is 1.07 bits per heavy atom. The number of benzene rings is 7. The Hall–Kier alpha value is -6.33. The van der Waals surface area contributed by atoms with Crippen LogP contribution >= 0.6 is 0 Å². The summed E-state index contributed by atoms with van der Waals surface area (Å²) in [6, 6.07) is 48.5. The SMILES string of the molecule is c1ccc(-n2c(-n3c4ccccc4c4c5ccc6oc7ccccc7c6c5c5c6ccccc6oc5c43)nc3ccccc32)cc1. The molecule has 0 aliphatic carbocycles. The van der Waals surface area contributed by atoms with Gasteiger partial charge in [-0.1, -0.05) is 84.9 Å². The molecule has 0 atom stereocenters. The Labute approximate surface area is 261 Å². The number of rotatable bonds is 2. The third-order valence-electron chi connectivity index (χ3n) is 9.51. The van der Waals surface area contributed by atoms with Crippen LogP contribution in [0.1, 0.15) is 0 Å². The second-order valence-electron chi connectivity index (χ2n) is 11.9. The zero-order valence-corrected chi connectivity index (χ0v) is 24.4. The molecule has 5 nitrogen and oxygen atoms in total. The van der Waals surface area contributed by atoms with Gasteiger partial charge in [-0.05, 0) is 60.0 Å². The van der Waals surface area contributed by atoms with Crippen molar-refractivity contribution in [3.05, 3.63) is 140 Å². The summed E-state index contributed by atoms with van der Waals surface area (Å²) < 4.78 is 17.9. The predicted octanol–water partition coefficient (Wildman–Crippen LogP) is 11.1. The van der Waals surface area contributed by atoms with E-state index in [1.165, 1.54) is 0 Å². The number of para-hydroxylation sites is 6. The number of fused-ring (bicyclic) bond motifs is 15. The molecule has 0 saturated carbocycles. The lowest BCUT2D eigenvalue weighted by Crippen LogP contribution is -2.05. The Morgan fingerprint density at radius 3 is 1.89 bits per heavy atom. The lowest BCUT2D eigenvalue weighted by Gasteiger charge is -2.13. The number of imidazole rings is 1. The fourth-order valence-electron chi connectivity index (χ4n) is 7.68. The molecule has 11 rings (SSSR count). The Kier molecular flexibility index (Phi) is 4.52. The average Bonchev–Trinajstić information content (AvgIpc) is 3.87. The largest absolute Gasteiger partial charge is 0.456 e. The normalized spacial score (nSPS) is 12.3. The fourth-order valence-corrected chi connectivity index (χ4v) is 7.68. The summed E-state index contributed by atoms with van der Waals surface area (Å²) in [6.07, 6.45) is 0. The second-order valence-corrected chi connectivity index (χ2v) is 11.9. The van der Waals surface area contributed by atoms with E-state index in [0.717, 1.165) is 99.1 Å². The highest BCUT2D eigenvalue weighted by molar-refractivity contribution is 6.40. The maximum absolute atomic E-state index is 6.93. The molecule has 0 aliphatic rings. The van der Waals surface area contributed by atoms with E-state index in [2.05, 4.69) is 118 Å². The summed E-state index contributed by atoms with van der Waals surface area (Å²) >= 11 is 0. The van der Waals surface area contributed by atoms with E-state index >= 15 is 0 Å².